The zero-order valence-corrected chi connectivity index (χ0v) is 11.3. The van der Waals surface area contributed by atoms with Crippen LogP contribution in [0.3, 0.4) is 0 Å². The molecular weight excluding hydrogens is 267 g/mol. The summed E-state index contributed by atoms with van der Waals surface area (Å²) in [6.07, 6.45) is 1.72. The highest BCUT2D eigenvalue weighted by Gasteiger charge is 2.15. The molecule has 1 aliphatic heterocycles. The second-order valence-electron chi connectivity index (χ2n) is 5.03. The Kier molecular flexibility index (Phi) is 2.74. The second kappa shape index (κ2) is 4.74. The van der Waals surface area contributed by atoms with Gasteiger partial charge in [0.15, 0.2) is 11.6 Å². The topological polar surface area (TPSA) is 37.5 Å². The maximum Gasteiger partial charge on any atom is 0.176 e. The van der Waals surface area contributed by atoms with Crippen LogP contribution in [-0.2, 0) is 0 Å². The maximum atomic E-state index is 13.3. The molecule has 1 aliphatic rings. The summed E-state index contributed by atoms with van der Waals surface area (Å²) in [5.74, 6) is 1.35. The van der Waals surface area contributed by atoms with E-state index < -0.39 is 0 Å². The zero-order valence-electron chi connectivity index (χ0n) is 11.3. The summed E-state index contributed by atoms with van der Waals surface area (Å²) in [4.78, 5) is 4.38. The van der Waals surface area contributed by atoms with Crippen molar-refractivity contribution in [3.05, 3.63) is 60.3 Å². The molecule has 3 aromatic rings. The van der Waals surface area contributed by atoms with Gasteiger partial charge in [0.2, 0.25) is 0 Å². The quantitative estimate of drug-likeness (QED) is 0.779. The van der Waals surface area contributed by atoms with E-state index in [4.69, 9.17) is 4.42 Å². The van der Waals surface area contributed by atoms with Crippen molar-refractivity contribution in [3.63, 3.8) is 0 Å². The van der Waals surface area contributed by atoms with Gasteiger partial charge < -0.3 is 9.73 Å². The molecule has 2 heterocycles. The average molecular weight is 280 g/mol. The fraction of sp³-hybridized carbons (Fsp3) is 0.118. The summed E-state index contributed by atoms with van der Waals surface area (Å²) in [5.41, 5.74) is 1.83. The molecule has 0 spiro atoms. The predicted octanol–water partition coefficient (Wildman–Crippen LogP) is 3.59. The third-order valence-electron chi connectivity index (χ3n) is 3.65. The van der Waals surface area contributed by atoms with Gasteiger partial charge in [-0.15, -0.1) is 0 Å². The molecule has 4 rings (SSSR count). The molecule has 0 aliphatic carbocycles. The summed E-state index contributed by atoms with van der Waals surface area (Å²) in [6.45, 7) is 1.62. The minimum absolute atomic E-state index is 0.231. The summed E-state index contributed by atoms with van der Waals surface area (Å²) in [6, 6.07) is 12.6. The monoisotopic (exact) mass is 280 g/mol. The van der Waals surface area contributed by atoms with E-state index in [0.29, 0.717) is 0 Å². The number of aliphatic imine (C=N–C) groups is 1. The van der Waals surface area contributed by atoms with Crippen molar-refractivity contribution in [3.8, 4) is 11.1 Å². The molecule has 0 amide bonds. The first-order valence-electron chi connectivity index (χ1n) is 6.87. The molecule has 2 aromatic carbocycles. The first kappa shape index (κ1) is 12.1. The first-order valence-corrected chi connectivity index (χ1v) is 6.87. The summed E-state index contributed by atoms with van der Waals surface area (Å²) < 4.78 is 19.0. The van der Waals surface area contributed by atoms with E-state index in [-0.39, 0.29) is 5.82 Å². The average Bonchev–Trinajstić information content (AvgIpc) is 3.15. The fourth-order valence-corrected chi connectivity index (χ4v) is 2.63. The normalized spacial score (nSPS) is 14.2. The highest BCUT2D eigenvalue weighted by Crippen LogP contribution is 2.28. The number of furan rings is 1. The van der Waals surface area contributed by atoms with Gasteiger partial charge >= 0.3 is 0 Å². The van der Waals surface area contributed by atoms with Gasteiger partial charge in [0.25, 0.3) is 0 Å². The minimum atomic E-state index is -0.231. The lowest BCUT2D eigenvalue weighted by atomic mass is 10.0. The third-order valence-corrected chi connectivity index (χ3v) is 3.65. The number of nitrogens with zero attached hydrogens (tertiary/aromatic N) is 1. The van der Waals surface area contributed by atoms with E-state index in [1.807, 2.05) is 24.3 Å². The number of amidine groups is 1. The van der Waals surface area contributed by atoms with Gasteiger partial charge in [0.1, 0.15) is 5.82 Å². The van der Waals surface area contributed by atoms with Crippen LogP contribution in [-0.4, -0.2) is 18.9 Å². The molecule has 0 unspecified atom stereocenters. The van der Waals surface area contributed by atoms with Gasteiger partial charge in [-0.3, -0.25) is 4.99 Å². The van der Waals surface area contributed by atoms with Gasteiger partial charge in [-0.2, -0.15) is 0 Å². The van der Waals surface area contributed by atoms with Crippen LogP contribution >= 0.6 is 0 Å². The van der Waals surface area contributed by atoms with Crippen molar-refractivity contribution < 1.29 is 8.81 Å². The molecule has 0 fully saturated rings. The number of hydrogen-bond donors (Lipinski definition) is 1. The van der Waals surface area contributed by atoms with Crippen LogP contribution in [0.25, 0.3) is 21.9 Å². The molecule has 4 heteroatoms. The molecule has 104 valence electrons. The molecule has 1 N–H and O–H groups in total. The van der Waals surface area contributed by atoms with Crippen molar-refractivity contribution in [2.75, 3.05) is 13.1 Å². The Morgan fingerprint density at radius 3 is 2.81 bits per heavy atom. The summed E-state index contributed by atoms with van der Waals surface area (Å²) in [5, 5.41) is 5.22. The van der Waals surface area contributed by atoms with E-state index in [9.17, 15) is 4.39 Å². The van der Waals surface area contributed by atoms with E-state index in [0.717, 1.165) is 46.6 Å². The summed E-state index contributed by atoms with van der Waals surface area (Å²) >= 11 is 0. The van der Waals surface area contributed by atoms with Crippen molar-refractivity contribution in [1.82, 2.24) is 5.32 Å². The standard InChI is InChI=1S/C17H13FN2O/c18-14-3-1-2-11(9-14)12-4-5-15-13(8-12)10-21-16(15)17-19-6-7-20-17/h1-5,8-10H,6-7H2,(H,19,20). The van der Waals surface area contributed by atoms with Gasteiger partial charge in [-0.25, -0.2) is 4.39 Å². The Labute approximate surface area is 121 Å². The third kappa shape index (κ3) is 2.09. The lowest BCUT2D eigenvalue weighted by molar-refractivity contribution is 0.560. The summed E-state index contributed by atoms with van der Waals surface area (Å²) in [7, 11) is 0. The van der Waals surface area contributed by atoms with Crippen molar-refractivity contribution in [2.24, 2.45) is 4.99 Å². The molecular formula is C17H13FN2O. The number of rotatable bonds is 2. The van der Waals surface area contributed by atoms with Crippen LogP contribution in [0, 0.1) is 5.82 Å². The highest BCUT2D eigenvalue weighted by molar-refractivity contribution is 6.08. The van der Waals surface area contributed by atoms with Gasteiger partial charge in [0.05, 0.1) is 12.8 Å². The Morgan fingerprint density at radius 1 is 1.10 bits per heavy atom. The number of hydrogen-bond acceptors (Lipinski definition) is 3. The highest BCUT2D eigenvalue weighted by atomic mass is 19.1. The second-order valence-corrected chi connectivity index (χ2v) is 5.03. The van der Waals surface area contributed by atoms with E-state index in [1.165, 1.54) is 12.1 Å². The molecule has 1 aromatic heterocycles. The maximum absolute atomic E-state index is 13.3. The lowest BCUT2D eigenvalue weighted by Gasteiger charge is -2.03. The number of benzene rings is 2. The van der Waals surface area contributed by atoms with Crippen molar-refractivity contribution >= 4 is 16.6 Å². The Morgan fingerprint density at radius 2 is 2.00 bits per heavy atom. The van der Waals surface area contributed by atoms with Gasteiger partial charge in [-0.05, 0) is 35.4 Å². The smallest absolute Gasteiger partial charge is 0.176 e. The molecule has 0 saturated carbocycles. The van der Waals surface area contributed by atoms with Crippen LogP contribution in [0.2, 0.25) is 0 Å². The molecule has 0 saturated heterocycles. The molecule has 0 radical (unpaired) electrons. The number of fused-ring (bicyclic) bond motifs is 1. The minimum Gasteiger partial charge on any atom is -0.460 e. The molecule has 21 heavy (non-hydrogen) atoms. The first-order chi connectivity index (χ1) is 10.3. The number of nitrogens with one attached hydrogen (secondary N) is 1. The SMILES string of the molecule is Fc1cccc(-c2ccc3c(C4=NCCN4)occ3c2)c1. The lowest BCUT2D eigenvalue weighted by Crippen LogP contribution is -2.18. The fourth-order valence-electron chi connectivity index (χ4n) is 2.63. The molecule has 0 bridgehead atoms. The van der Waals surface area contributed by atoms with Crippen molar-refractivity contribution in [2.45, 2.75) is 0 Å². The predicted molar refractivity (Wildman–Crippen MR) is 81.0 cm³/mol. The van der Waals surface area contributed by atoms with E-state index in [2.05, 4.69) is 10.3 Å². The van der Waals surface area contributed by atoms with Gasteiger partial charge in [-0.1, -0.05) is 18.2 Å². The Balaban J connectivity index is 1.81. The van der Waals surface area contributed by atoms with Gasteiger partial charge in [0, 0.05) is 17.3 Å². The molecule has 3 nitrogen and oxygen atoms in total. The van der Waals surface area contributed by atoms with E-state index in [1.54, 1.807) is 12.3 Å². The van der Waals surface area contributed by atoms with Crippen LogP contribution in [0.4, 0.5) is 4.39 Å². The number of halogens is 1. The van der Waals surface area contributed by atoms with Crippen LogP contribution < -0.4 is 5.32 Å². The zero-order chi connectivity index (χ0) is 14.2. The molecule has 0 atom stereocenters. The van der Waals surface area contributed by atoms with Crippen LogP contribution in [0.15, 0.2) is 58.1 Å². The Hall–Kier alpha value is -2.62. The van der Waals surface area contributed by atoms with Crippen molar-refractivity contribution in [1.29, 1.82) is 0 Å². The Bertz CT molecular complexity index is 851. The van der Waals surface area contributed by atoms with E-state index >= 15 is 0 Å². The van der Waals surface area contributed by atoms with Crippen LogP contribution in [0.1, 0.15) is 5.76 Å². The largest absolute Gasteiger partial charge is 0.460 e. The van der Waals surface area contributed by atoms with Crippen LogP contribution in [0.5, 0.6) is 0 Å².